The fraction of sp³-hybridized carbons (Fsp3) is 1.00. The van der Waals surface area contributed by atoms with Gasteiger partial charge in [-0.15, -0.1) is 23.2 Å². The monoisotopic (exact) mass is 738 g/mol. The molecule has 0 fully saturated rings. The van der Waals surface area contributed by atoms with Crippen molar-refractivity contribution in [1.29, 1.82) is 0 Å². The summed E-state index contributed by atoms with van der Waals surface area (Å²) in [6.45, 7) is 24.5. The highest BCUT2D eigenvalue weighted by Crippen LogP contribution is 2.40. The molecule has 0 saturated carbocycles. The summed E-state index contributed by atoms with van der Waals surface area (Å²) < 4.78 is 12.1. The molecule has 10 heteroatoms. The highest BCUT2D eigenvalue weighted by Gasteiger charge is 2.44. The molecule has 0 aliphatic heterocycles. The van der Waals surface area contributed by atoms with Crippen LogP contribution < -0.4 is 0 Å². The molecular formula is C34H70Cl4O4Si2. The predicted octanol–water partition coefficient (Wildman–Crippen LogP) is 12.0. The molecule has 0 saturated heterocycles. The van der Waals surface area contributed by atoms with E-state index in [9.17, 15) is 10.2 Å². The first kappa shape index (κ1) is 45.4. The van der Waals surface area contributed by atoms with E-state index >= 15 is 0 Å². The quantitative estimate of drug-likeness (QED) is 0.0588. The smallest absolute Gasteiger partial charge is 0.192 e. The minimum Gasteiger partial charge on any atom is -0.414 e. The molecular weight excluding hydrogens is 670 g/mol. The van der Waals surface area contributed by atoms with Crippen LogP contribution in [0.3, 0.4) is 0 Å². The summed E-state index contributed by atoms with van der Waals surface area (Å²) in [5, 5.41) is 21.4. The van der Waals surface area contributed by atoms with Crippen LogP contribution in [0.5, 0.6) is 0 Å². The molecule has 0 aliphatic rings. The molecule has 0 aromatic rings. The van der Waals surface area contributed by atoms with Gasteiger partial charge in [0.05, 0.1) is 35.7 Å². The molecule has 0 amide bonds. The van der Waals surface area contributed by atoms with E-state index in [0.29, 0.717) is 13.0 Å². The Kier molecular flexibility index (Phi) is 21.5. The average Bonchev–Trinajstić information content (AvgIpc) is 2.88. The van der Waals surface area contributed by atoms with E-state index in [0.717, 1.165) is 64.2 Å². The lowest BCUT2D eigenvalue weighted by Crippen LogP contribution is -2.52. The third kappa shape index (κ3) is 18.3. The first-order chi connectivity index (χ1) is 20.0. The fourth-order valence-corrected chi connectivity index (χ4v) is 8.25. The van der Waals surface area contributed by atoms with Crippen LogP contribution in [-0.4, -0.2) is 66.9 Å². The van der Waals surface area contributed by atoms with Gasteiger partial charge < -0.3 is 19.1 Å². The summed E-state index contributed by atoms with van der Waals surface area (Å²) in [4.78, 5) is 0. The Morgan fingerprint density at radius 3 is 1.68 bits per heavy atom. The lowest BCUT2D eigenvalue weighted by Gasteiger charge is -2.42. The molecule has 5 atom stereocenters. The van der Waals surface area contributed by atoms with Gasteiger partial charge in [0, 0.05) is 6.42 Å². The van der Waals surface area contributed by atoms with E-state index in [-0.39, 0.29) is 21.9 Å². The minimum absolute atomic E-state index is 0.0311. The van der Waals surface area contributed by atoms with Gasteiger partial charge in [-0.2, -0.15) is 0 Å². The van der Waals surface area contributed by atoms with Crippen molar-refractivity contribution in [2.75, 3.05) is 6.61 Å². The van der Waals surface area contributed by atoms with Crippen molar-refractivity contribution in [3.05, 3.63) is 0 Å². The first-order valence-corrected chi connectivity index (χ1v) is 24.8. The van der Waals surface area contributed by atoms with Crippen molar-refractivity contribution >= 4 is 63.0 Å². The van der Waals surface area contributed by atoms with Crippen molar-refractivity contribution in [2.45, 2.75) is 208 Å². The summed E-state index contributed by atoms with van der Waals surface area (Å²) in [6.07, 6.45) is 11.0. The number of rotatable bonds is 24. The Balaban J connectivity index is 4.67. The van der Waals surface area contributed by atoms with Crippen LogP contribution in [0.1, 0.15) is 138 Å². The molecule has 0 aliphatic carbocycles. The van der Waals surface area contributed by atoms with Crippen LogP contribution in [0.2, 0.25) is 36.3 Å². The van der Waals surface area contributed by atoms with Gasteiger partial charge >= 0.3 is 0 Å². The van der Waals surface area contributed by atoms with Gasteiger partial charge in [-0.3, -0.25) is 0 Å². The van der Waals surface area contributed by atoms with Crippen LogP contribution in [0, 0.1) is 0 Å². The average molecular weight is 741 g/mol. The van der Waals surface area contributed by atoms with E-state index in [1.807, 2.05) is 0 Å². The van der Waals surface area contributed by atoms with Crippen LogP contribution in [-0.2, 0) is 8.85 Å². The lowest BCUT2D eigenvalue weighted by molar-refractivity contribution is -0.00967. The normalized spacial score (nSPS) is 17.4. The largest absolute Gasteiger partial charge is 0.414 e. The third-order valence-corrected chi connectivity index (χ3v) is 20.6. The highest BCUT2D eigenvalue weighted by molar-refractivity contribution is 6.74. The molecule has 2 N–H and O–H groups in total. The Morgan fingerprint density at radius 2 is 1.16 bits per heavy atom. The Bertz CT molecular complexity index is 757. The summed E-state index contributed by atoms with van der Waals surface area (Å²) >= 11 is 26.8. The summed E-state index contributed by atoms with van der Waals surface area (Å²) in [6, 6.07) is 0. The molecule has 0 aromatic heterocycles. The van der Waals surface area contributed by atoms with Crippen molar-refractivity contribution in [3.63, 3.8) is 0 Å². The highest BCUT2D eigenvalue weighted by atomic mass is 35.5. The lowest BCUT2D eigenvalue weighted by atomic mass is 9.97. The Morgan fingerprint density at radius 1 is 0.682 bits per heavy atom. The molecule has 0 spiro atoms. The first-order valence-electron chi connectivity index (χ1n) is 17.3. The summed E-state index contributed by atoms with van der Waals surface area (Å²) in [7, 11) is -4.09. The Labute approximate surface area is 295 Å². The molecule has 4 nitrogen and oxygen atoms in total. The van der Waals surface area contributed by atoms with E-state index in [1.165, 1.54) is 12.8 Å². The van der Waals surface area contributed by atoms with Gasteiger partial charge in [0.1, 0.15) is 4.33 Å². The molecule has 0 rings (SSSR count). The number of aliphatic hydroxyl groups is 2. The molecule has 0 unspecified atom stereocenters. The summed E-state index contributed by atoms with van der Waals surface area (Å²) in [5.74, 6) is 0. The number of hydrogen-bond acceptors (Lipinski definition) is 4. The van der Waals surface area contributed by atoms with E-state index in [4.69, 9.17) is 55.3 Å². The van der Waals surface area contributed by atoms with E-state index < -0.39 is 44.7 Å². The van der Waals surface area contributed by atoms with Crippen LogP contribution >= 0.6 is 46.4 Å². The van der Waals surface area contributed by atoms with Crippen molar-refractivity contribution < 1.29 is 19.1 Å². The maximum Gasteiger partial charge on any atom is 0.192 e. The third-order valence-electron chi connectivity index (χ3n) is 9.90. The predicted molar refractivity (Wildman–Crippen MR) is 201 cm³/mol. The number of alkyl halides is 4. The molecule has 0 heterocycles. The second-order valence-electron chi connectivity index (χ2n) is 16.2. The zero-order valence-corrected chi connectivity index (χ0v) is 35.2. The van der Waals surface area contributed by atoms with Crippen molar-refractivity contribution in [2.24, 2.45) is 0 Å². The SMILES string of the molecule is CCCCCC[C@@H](Cl)[C@@H](Cl)[C@@H](O[Si](C)(C)C(C)(C)C)[C@@H](O)C[C@H](O)CCCCCCCCC(Cl)(Cl)CO[Si](C)(C)C(C)(C)C. The summed E-state index contributed by atoms with van der Waals surface area (Å²) in [5.41, 5.74) is 0. The fourth-order valence-electron chi connectivity index (χ4n) is 4.58. The van der Waals surface area contributed by atoms with Gasteiger partial charge in [-0.25, -0.2) is 0 Å². The second-order valence-corrected chi connectivity index (χ2v) is 28.4. The zero-order chi connectivity index (χ0) is 34.4. The number of hydrogen-bond donors (Lipinski definition) is 2. The standard InChI is InChI=1S/C34H70Cl4O4Si2/c1-12-13-14-20-23-28(35)30(36)31(42-44(10,11)33(5,6)7)29(40)25-27(39)22-19-17-15-16-18-21-24-34(37,38)26-41-43(8,9)32(2,3)4/h27-31,39-40H,12-26H2,1-11H3/t27-,28-,29+,30-,31+/m1/s1. The number of halogens is 4. The van der Waals surface area contributed by atoms with Gasteiger partial charge in [0.25, 0.3) is 0 Å². The van der Waals surface area contributed by atoms with Crippen LogP contribution in [0.15, 0.2) is 0 Å². The van der Waals surface area contributed by atoms with Crippen molar-refractivity contribution in [3.8, 4) is 0 Å². The van der Waals surface area contributed by atoms with Crippen LogP contribution in [0.25, 0.3) is 0 Å². The minimum atomic E-state index is -2.22. The molecule has 0 radical (unpaired) electrons. The Hall–Kier alpha value is 1.43. The van der Waals surface area contributed by atoms with Crippen LogP contribution in [0.4, 0.5) is 0 Å². The van der Waals surface area contributed by atoms with E-state index in [1.54, 1.807) is 0 Å². The molecule has 44 heavy (non-hydrogen) atoms. The molecule has 266 valence electrons. The van der Waals surface area contributed by atoms with Gasteiger partial charge in [-0.1, -0.05) is 136 Å². The van der Waals surface area contributed by atoms with Gasteiger partial charge in [0.15, 0.2) is 16.6 Å². The molecule has 0 bridgehead atoms. The molecule has 0 aromatic carbocycles. The topological polar surface area (TPSA) is 58.9 Å². The van der Waals surface area contributed by atoms with E-state index in [2.05, 4.69) is 74.7 Å². The maximum absolute atomic E-state index is 11.3. The second kappa shape index (κ2) is 20.8. The maximum atomic E-state index is 11.3. The van der Waals surface area contributed by atoms with Gasteiger partial charge in [-0.05, 0) is 55.5 Å². The zero-order valence-electron chi connectivity index (χ0n) is 30.2. The van der Waals surface area contributed by atoms with Crippen molar-refractivity contribution in [1.82, 2.24) is 0 Å². The number of unbranched alkanes of at least 4 members (excludes halogenated alkanes) is 8. The number of aliphatic hydroxyl groups excluding tert-OH is 2. The van der Waals surface area contributed by atoms with Gasteiger partial charge in [0.2, 0.25) is 0 Å².